The number of ether oxygens (including phenoxy) is 1. The molecule has 2 aromatic carbocycles. The maximum absolute atomic E-state index is 13.6. The molecule has 0 unspecified atom stereocenters. The fourth-order valence-corrected chi connectivity index (χ4v) is 1.67. The Hall–Kier alpha value is -2.63. The van der Waals surface area contributed by atoms with Crippen molar-refractivity contribution in [2.45, 2.75) is 0 Å². The number of carbonyl (C=O) groups is 1. The third-order valence-electron chi connectivity index (χ3n) is 2.60. The number of amides is 1. The van der Waals surface area contributed by atoms with Crippen molar-refractivity contribution in [1.29, 1.82) is 0 Å². The van der Waals surface area contributed by atoms with Crippen LogP contribution < -0.4 is 15.8 Å². The summed E-state index contributed by atoms with van der Waals surface area (Å²) in [7, 11) is 1.42. The van der Waals surface area contributed by atoms with E-state index in [2.05, 4.69) is 5.32 Å². The van der Waals surface area contributed by atoms with Gasteiger partial charge in [0.05, 0.1) is 12.8 Å². The normalized spacial score (nSPS) is 10.2. The summed E-state index contributed by atoms with van der Waals surface area (Å²) in [6, 6.07) is 7.32. The Labute approximate surface area is 114 Å². The molecule has 0 spiro atoms. The largest absolute Gasteiger partial charge is 0.497 e. The number of halogens is 2. The Morgan fingerprint density at radius 2 is 1.95 bits per heavy atom. The van der Waals surface area contributed by atoms with Gasteiger partial charge in [0.2, 0.25) is 0 Å². The first kappa shape index (κ1) is 13.8. The molecular weight excluding hydrogens is 266 g/mol. The zero-order valence-corrected chi connectivity index (χ0v) is 10.6. The lowest BCUT2D eigenvalue weighted by atomic mass is 10.1. The van der Waals surface area contributed by atoms with E-state index in [1.807, 2.05) is 0 Å². The van der Waals surface area contributed by atoms with Gasteiger partial charge in [-0.05, 0) is 30.3 Å². The Morgan fingerprint density at radius 1 is 1.20 bits per heavy atom. The first-order valence-electron chi connectivity index (χ1n) is 5.70. The molecule has 0 aliphatic heterocycles. The molecule has 0 radical (unpaired) electrons. The van der Waals surface area contributed by atoms with Crippen LogP contribution in [0, 0.1) is 11.6 Å². The van der Waals surface area contributed by atoms with Crippen LogP contribution in [0.25, 0.3) is 0 Å². The fraction of sp³-hybridized carbons (Fsp3) is 0.0714. The molecule has 0 bridgehead atoms. The number of anilines is 2. The lowest BCUT2D eigenvalue weighted by Crippen LogP contribution is -2.13. The molecule has 0 aliphatic carbocycles. The molecule has 0 aliphatic rings. The van der Waals surface area contributed by atoms with Gasteiger partial charge in [-0.1, -0.05) is 0 Å². The molecular formula is C14H12F2N2O2. The SMILES string of the molecule is COc1ccc(F)c(NC(=O)c2cc(N)cc(F)c2)c1. The van der Waals surface area contributed by atoms with Gasteiger partial charge in [0.15, 0.2) is 0 Å². The summed E-state index contributed by atoms with van der Waals surface area (Å²) >= 11 is 0. The lowest BCUT2D eigenvalue weighted by Gasteiger charge is -2.09. The van der Waals surface area contributed by atoms with Gasteiger partial charge in [0.1, 0.15) is 17.4 Å². The maximum atomic E-state index is 13.6. The average molecular weight is 278 g/mol. The highest BCUT2D eigenvalue weighted by Gasteiger charge is 2.12. The third kappa shape index (κ3) is 3.03. The monoisotopic (exact) mass is 278 g/mol. The van der Waals surface area contributed by atoms with Gasteiger partial charge in [-0.25, -0.2) is 8.78 Å². The van der Waals surface area contributed by atoms with Gasteiger partial charge >= 0.3 is 0 Å². The molecule has 0 saturated carbocycles. The minimum Gasteiger partial charge on any atom is -0.497 e. The van der Waals surface area contributed by atoms with Crippen molar-refractivity contribution < 1.29 is 18.3 Å². The second-order valence-electron chi connectivity index (χ2n) is 4.07. The van der Waals surface area contributed by atoms with E-state index in [4.69, 9.17) is 10.5 Å². The number of nitrogen functional groups attached to an aromatic ring is 1. The third-order valence-corrected chi connectivity index (χ3v) is 2.60. The molecule has 0 aromatic heterocycles. The summed E-state index contributed by atoms with van der Waals surface area (Å²) in [5.74, 6) is -1.53. The van der Waals surface area contributed by atoms with E-state index in [-0.39, 0.29) is 16.9 Å². The molecule has 0 fully saturated rings. The Balaban J connectivity index is 2.27. The van der Waals surface area contributed by atoms with E-state index >= 15 is 0 Å². The number of hydrogen-bond donors (Lipinski definition) is 2. The van der Waals surface area contributed by atoms with Gasteiger partial charge in [0, 0.05) is 17.3 Å². The zero-order chi connectivity index (χ0) is 14.7. The van der Waals surface area contributed by atoms with Crippen LogP contribution in [-0.2, 0) is 0 Å². The first-order chi connectivity index (χ1) is 9.49. The molecule has 104 valence electrons. The predicted molar refractivity (Wildman–Crippen MR) is 71.7 cm³/mol. The number of nitrogens with two attached hydrogens (primary N) is 1. The van der Waals surface area contributed by atoms with Crippen molar-refractivity contribution >= 4 is 17.3 Å². The van der Waals surface area contributed by atoms with E-state index in [0.717, 1.165) is 18.2 Å². The van der Waals surface area contributed by atoms with Crippen LogP contribution in [0.3, 0.4) is 0 Å². The van der Waals surface area contributed by atoms with Crippen molar-refractivity contribution in [2.24, 2.45) is 0 Å². The summed E-state index contributed by atoms with van der Waals surface area (Å²) in [4.78, 5) is 11.9. The second-order valence-corrected chi connectivity index (χ2v) is 4.07. The van der Waals surface area contributed by atoms with Gasteiger partial charge in [-0.3, -0.25) is 4.79 Å². The molecule has 0 heterocycles. The molecule has 2 rings (SSSR count). The minimum atomic E-state index is -0.664. The maximum Gasteiger partial charge on any atom is 0.255 e. The second kappa shape index (κ2) is 5.56. The smallest absolute Gasteiger partial charge is 0.255 e. The molecule has 3 N–H and O–H groups in total. The minimum absolute atomic E-state index is 0.00437. The number of benzene rings is 2. The van der Waals surface area contributed by atoms with Crippen LogP contribution in [0.5, 0.6) is 5.75 Å². The number of rotatable bonds is 3. The Bertz CT molecular complexity index is 639. The highest BCUT2D eigenvalue weighted by atomic mass is 19.1. The van der Waals surface area contributed by atoms with Gasteiger partial charge in [0.25, 0.3) is 5.91 Å². The number of carbonyl (C=O) groups excluding carboxylic acids is 1. The summed E-state index contributed by atoms with van der Waals surface area (Å²) in [5.41, 5.74) is 5.51. The van der Waals surface area contributed by atoms with E-state index < -0.39 is 17.5 Å². The Morgan fingerprint density at radius 3 is 2.60 bits per heavy atom. The van der Waals surface area contributed by atoms with E-state index in [0.29, 0.717) is 5.75 Å². The molecule has 4 nitrogen and oxygen atoms in total. The molecule has 6 heteroatoms. The van der Waals surface area contributed by atoms with Gasteiger partial charge in [-0.2, -0.15) is 0 Å². The van der Waals surface area contributed by atoms with Crippen LogP contribution >= 0.6 is 0 Å². The molecule has 1 amide bonds. The molecule has 2 aromatic rings. The number of methoxy groups -OCH3 is 1. The van der Waals surface area contributed by atoms with Gasteiger partial charge < -0.3 is 15.8 Å². The quantitative estimate of drug-likeness (QED) is 0.848. The number of nitrogens with one attached hydrogen (secondary N) is 1. The first-order valence-corrected chi connectivity index (χ1v) is 5.70. The zero-order valence-electron chi connectivity index (χ0n) is 10.6. The van der Waals surface area contributed by atoms with Crippen LogP contribution in [0.2, 0.25) is 0 Å². The standard InChI is InChI=1S/C14H12F2N2O2/c1-20-11-2-3-12(16)13(7-11)18-14(19)8-4-9(15)6-10(17)5-8/h2-7H,17H2,1H3,(H,18,19). The van der Waals surface area contributed by atoms with Crippen molar-refractivity contribution in [3.8, 4) is 5.75 Å². The fourth-order valence-electron chi connectivity index (χ4n) is 1.67. The van der Waals surface area contributed by atoms with E-state index in [1.54, 1.807) is 0 Å². The summed E-state index contributed by atoms with van der Waals surface area (Å²) in [5, 5.41) is 2.34. The highest BCUT2D eigenvalue weighted by Crippen LogP contribution is 2.22. The van der Waals surface area contributed by atoms with Gasteiger partial charge in [-0.15, -0.1) is 0 Å². The topological polar surface area (TPSA) is 64.3 Å². The number of hydrogen-bond acceptors (Lipinski definition) is 3. The molecule has 0 saturated heterocycles. The van der Waals surface area contributed by atoms with Crippen molar-refractivity contribution in [2.75, 3.05) is 18.2 Å². The average Bonchev–Trinajstić information content (AvgIpc) is 2.40. The van der Waals surface area contributed by atoms with Crippen LogP contribution in [0.1, 0.15) is 10.4 Å². The van der Waals surface area contributed by atoms with E-state index in [9.17, 15) is 13.6 Å². The predicted octanol–water partition coefficient (Wildman–Crippen LogP) is 2.81. The van der Waals surface area contributed by atoms with Crippen LogP contribution in [0.15, 0.2) is 36.4 Å². The lowest BCUT2D eigenvalue weighted by molar-refractivity contribution is 0.102. The van der Waals surface area contributed by atoms with E-state index in [1.165, 1.54) is 25.3 Å². The highest BCUT2D eigenvalue weighted by molar-refractivity contribution is 6.04. The van der Waals surface area contributed by atoms with Crippen LogP contribution in [0.4, 0.5) is 20.2 Å². The molecule has 0 atom stereocenters. The van der Waals surface area contributed by atoms with Crippen LogP contribution in [-0.4, -0.2) is 13.0 Å². The van der Waals surface area contributed by atoms with Crippen molar-refractivity contribution in [1.82, 2.24) is 0 Å². The summed E-state index contributed by atoms with van der Waals surface area (Å²) in [6.45, 7) is 0. The van der Waals surface area contributed by atoms with Crippen molar-refractivity contribution in [3.05, 3.63) is 53.6 Å². The summed E-state index contributed by atoms with van der Waals surface area (Å²) in [6.07, 6.45) is 0. The van der Waals surface area contributed by atoms with Crippen molar-refractivity contribution in [3.63, 3.8) is 0 Å². The summed E-state index contributed by atoms with van der Waals surface area (Å²) < 4.78 is 31.7. The molecule has 20 heavy (non-hydrogen) atoms. The Kier molecular flexibility index (Phi) is 3.84.